The van der Waals surface area contributed by atoms with E-state index in [1.807, 2.05) is 25.1 Å². The minimum atomic E-state index is 0.0104. The Hall–Kier alpha value is -1.21. The normalized spacial score (nSPS) is 17.2. The Labute approximate surface area is 161 Å². The number of carbonyl (C=O) groups excluding carboxylic acids is 1. The van der Waals surface area contributed by atoms with E-state index in [1.165, 1.54) is 4.88 Å². The van der Waals surface area contributed by atoms with E-state index in [0.29, 0.717) is 6.54 Å². The molecule has 1 aromatic carbocycles. The molecule has 0 unspecified atom stereocenters. The molecule has 4 nitrogen and oxygen atoms in total. The molecule has 6 heteroatoms. The fraction of sp³-hybridized carbons (Fsp3) is 0.421. The van der Waals surface area contributed by atoms with Crippen LogP contribution in [0.4, 0.5) is 5.69 Å². The Morgan fingerprint density at radius 1 is 1.44 bits per heavy atom. The summed E-state index contributed by atoms with van der Waals surface area (Å²) in [6, 6.07) is 10.0. The maximum absolute atomic E-state index is 12.5. The van der Waals surface area contributed by atoms with Crippen LogP contribution in [0.3, 0.4) is 0 Å². The number of hydrogen-bond donors (Lipinski definition) is 1. The van der Waals surface area contributed by atoms with Crippen molar-refractivity contribution in [3.63, 3.8) is 0 Å². The first-order chi connectivity index (χ1) is 12.1. The third kappa shape index (κ3) is 5.64. The topological polar surface area (TPSA) is 41.6 Å². The summed E-state index contributed by atoms with van der Waals surface area (Å²) >= 11 is 5.21. The zero-order chi connectivity index (χ0) is 17.6. The Bertz CT molecular complexity index is 699. The second-order valence-electron chi connectivity index (χ2n) is 6.40. The molecule has 0 bridgehead atoms. The van der Waals surface area contributed by atoms with Gasteiger partial charge in [-0.2, -0.15) is 0 Å². The van der Waals surface area contributed by atoms with Gasteiger partial charge in [0.25, 0.3) is 0 Å². The number of carbonyl (C=O) groups is 1. The summed E-state index contributed by atoms with van der Waals surface area (Å²) in [5, 5.41) is 5.08. The molecule has 1 aromatic heterocycles. The van der Waals surface area contributed by atoms with Crippen LogP contribution in [0.1, 0.15) is 23.3 Å². The summed E-state index contributed by atoms with van der Waals surface area (Å²) < 4.78 is 6.80. The number of benzene rings is 1. The second kappa shape index (κ2) is 8.94. The highest BCUT2D eigenvalue weighted by molar-refractivity contribution is 9.10. The van der Waals surface area contributed by atoms with Gasteiger partial charge < -0.3 is 10.1 Å². The Morgan fingerprint density at radius 2 is 2.32 bits per heavy atom. The van der Waals surface area contributed by atoms with Crippen LogP contribution in [0.15, 0.2) is 40.2 Å². The van der Waals surface area contributed by atoms with Gasteiger partial charge in [0.1, 0.15) is 0 Å². The fourth-order valence-electron chi connectivity index (χ4n) is 3.01. The van der Waals surface area contributed by atoms with Gasteiger partial charge in [-0.3, -0.25) is 9.69 Å². The zero-order valence-electron chi connectivity index (χ0n) is 14.3. The van der Waals surface area contributed by atoms with Crippen LogP contribution in [0.2, 0.25) is 0 Å². The maximum atomic E-state index is 12.5. The summed E-state index contributed by atoms with van der Waals surface area (Å²) in [7, 11) is 0. The molecule has 1 fully saturated rings. The van der Waals surface area contributed by atoms with Crippen LogP contribution in [0, 0.1) is 6.92 Å². The molecule has 2 aromatic rings. The van der Waals surface area contributed by atoms with E-state index in [2.05, 4.69) is 43.7 Å². The van der Waals surface area contributed by atoms with Crippen molar-refractivity contribution in [1.82, 2.24) is 4.90 Å². The van der Waals surface area contributed by atoms with Gasteiger partial charge in [-0.15, -0.1) is 11.3 Å². The number of ether oxygens (including phenoxy) is 1. The first kappa shape index (κ1) is 18.6. The number of amides is 1. The van der Waals surface area contributed by atoms with Crippen LogP contribution in [-0.2, 0) is 16.1 Å². The average Bonchev–Trinajstić information content (AvgIpc) is 3.25. The summed E-state index contributed by atoms with van der Waals surface area (Å²) in [6.45, 7) is 4.80. The van der Waals surface area contributed by atoms with Gasteiger partial charge in [-0.05, 0) is 55.0 Å². The van der Waals surface area contributed by atoms with Crippen LogP contribution in [0.5, 0.6) is 0 Å². The number of hydrogen-bond acceptors (Lipinski definition) is 4. The largest absolute Gasteiger partial charge is 0.377 e. The zero-order valence-corrected chi connectivity index (χ0v) is 16.7. The van der Waals surface area contributed by atoms with E-state index in [0.717, 1.165) is 48.3 Å². The molecule has 1 amide bonds. The van der Waals surface area contributed by atoms with Gasteiger partial charge in [0.2, 0.25) is 5.91 Å². The standard InChI is InChI=1S/C19H23BrN2O2S/c1-14-10-15(6-7-18(14)20)21-19(23)13-22(11-16-4-2-8-24-16)12-17-5-3-9-25-17/h3,5-7,9-10,16H,2,4,8,11-13H2,1H3,(H,21,23)/t16-/m1/s1. The molecule has 0 radical (unpaired) electrons. The molecule has 25 heavy (non-hydrogen) atoms. The molecule has 1 saturated heterocycles. The second-order valence-corrected chi connectivity index (χ2v) is 8.28. The Balaban J connectivity index is 1.61. The Kier molecular flexibility index (Phi) is 6.64. The summed E-state index contributed by atoms with van der Waals surface area (Å²) in [5.74, 6) is 0.0104. The molecule has 1 aliphatic rings. The minimum absolute atomic E-state index is 0.0104. The van der Waals surface area contributed by atoms with Crippen molar-refractivity contribution in [2.24, 2.45) is 0 Å². The van der Waals surface area contributed by atoms with Crippen molar-refractivity contribution >= 4 is 38.9 Å². The summed E-state index contributed by atoms with van der Waals surface area (Å²) in [5.41, 5.74) is 1.94. The van der Waals surface area contributed by atoms with E-state index in [-0.39, 0.29) is 12.0 Å². The predicted molar refractivity (Wildman–Crippen MR) is 106 cm³/mol. The van der Waals surface area contributed by atoms with Crippen molar-refractivity contribution in [3.8, 4) is 0 Å². The van der Waals surface area contributed by atoms with Gasteiger partial charge >= 0.3 is 0 Å². The van der Waals surface area contributed by atoms with E-state index in [1.54, 1.807) is 11.3 Å². The van der Waals surface area contributed by atoms with E-state index < -0.39 is 0 Å². The molecule has 1 atom stereocenters. The van der Waals surface area contributed by atoms with Crippen LogP contribution < -0.4 is 5.32 Å². The molecule has 3 rings (SSSR count). The van der Waals surface area contributed by atoms with Gasteiger partial charge in [0.15, 0.2) is 0 Å². The highest BCUT2D eigenvalue weighted by Gasteiger charge is 2.21. The molecule has 0 saturated carbocycles. The van der Waals surface area contributed by atoms with Crippen molar-refractivity contribution in [2.45, 2.75) is 32.4 Å². The number of thiophene rings is 1. The smallest absolute Gasteiger partial charge is 0.238 e. The molecule has 1 N–H and O–H groups in total. The SMILES string of the molecule is Cc1cc(NC(=O)CN(Cc2cccs2)C[C@H]2CCCO2)ccc1Br. The minimum Gasteiger partial charge on any atom is -0.377 e. The monoisotopic (exact) mass is 422 g/mol. The molecule has 2 heterocycles. The molecule has 0 aliphatic carbocycles. The van der Waals surface area contributed by atoms with Crippen molar-refractivity contribution in [1.29, 1.82) is 0 Å². The van der Waals surface area contributed by atoms with Crippen LogP contribution in [-0.4, -0.2) is 36.6 Å². The fourth-order valence-corrected chi connectivity index (χ4v) is 4.00. The highest BCUT2D eigenvalue weighted by atomic mass is 79.9. The van der Waals surface area contributed by atoms with Crippen LogP contribution >= 0.6 is 27.3 Å². The number of anilines is 1. The van der Waals surface area contributed by atoms with Crippen molar-refractivity contribution in [3.05, 3.63) is 50.6 Å². The lowest BCUT2D eigenvalue weighted by molar-refractivity contribution is -0.117. The molecule has 134 valence electrons. The summed E-state index contributed by atoms with van der Waals surface area (Å²) in [4.78, 5) is 16.0. The van der Waals surface area contributed by atoms with Gasteiger partial charge in [-0.1, -0.05) is 22.0 Å². The number of nitrogens with zero attached hydrogens (tertiary/aromatic N) is 1. The van der Waals surface area contributed by atoms with Crippen molar-refractivity contribution in [2.75, 3.05) is 25.0 Å². The van der Waals surface area contributed by atoms with Gasteiger partial charge in [0.05, 0.1) is 12.6 Å². The lowest BCUT2D eigenvalue weighted by atomic mass is 10.2. The lowest BCUT2D eigenvalue weighted by Gasteiger charge is -2.24. The van der Waals surface area contributed by atoms with Crippen LogP contribution in [0.25, 0.3) is 0 Å². The first-order valence-corrected chi connectivity index (χ1v) is 10.2. The first-order valence-electron chi connectivity index (χ1n) is 8.52. The number of rotatable bonds is 7. The van der Waals surface area contributed by atoms with Gasteiger partial charge in [0, 0.05) is 34.7 Å². The Morgan fingerprint density at radius 3 is 3.00 bits per heavy atom. The highest BCUT2D eigenvalue weighted by Crippen LogP contribution is 2.20. The third-order valence-electron chi connectivity index (χ3n) is 4.25. The average molecular weight is 423 g/mol. The van der Waals surface area contributed by atoms with Gasteiger partial charge in [-0.25, -0.2) is 0 Å². The maximum Gasteiger partial charge on any atom is 0.238 e. The number of nitrogens with one attached hydrogen (secondary N) is 1. The molecule has 0 spiro atoms. The molecule has 1 aliphatic heterocycles. The lowest BCUT2D eigenvalue weighted by Crippen LogP contribution is -2.37. The van der Waals surface area contributed by atoms with E-state index >= 15 is 0 Å². The third-order valence-corrected chi connectivity index (χ3v) is 6.01. The molecular weight excluding hydrogens is 400 g/mol. The van der Waals surface area contributed by atoms with E-state index in [9.17, 15) is 4.79 Å². The number of aryl methyl sites for hydroxylation is 1. The quantitative estimate of drug-likeness (QED) is 0.716. The number of halogens is 1. The molecular formula is C19H23BrN2O2S. The van der Waals surface area contributed by atoms with E-state index in [4.69, 9.17) is 4.74 Å². The van der Waals surface area contributed by atoms with Crippen molar-refractivity contribution < 1.29 is 9.53 Å². The predicted octanol–water partition coefficient (Wildman–Crippen LogP) is 4.44. The summed E-state index contributed by atoms with van der Waals surface area (Å²) in [6.07, 6.45) is 2.43.